The highest BCUT2D eigenvalue weighted by Crippen LogP contribution is 2.33. The number of carbonyl (C=O) groups excluding carboxylic acids is 2. The molecule has 2 aliphatic heterocycles. The van der Waals surface area contributed by atoms with Gasteiger partial charge < -0.3 is 9.80 Å². The van der Waals surface area contributed by atoms with Crippen LogP contribution in [-0.2, 0) is 9.59 Å². The fourth-order valence-electron chi connectivity index (χ4n) is 3.55. The zero-order chi connectivity index (χ0) is 19.8. The van der Waals surface area contributed by atoms with Crippen molar-refractivity contribution in [1.29, 1.82) is 0 Å². The molecule has 5 nitrogen and oxygen atoms in total. The third-order valence-corrected chi connectivity index (χ3v) is 5.88. The summed E-state index contributed by atoms with van der Waals surface area (Å²) in [6.07, 6.45) is 0. The molecular formula is C21H19Cl2N3O2. The molecule has 0 N–H and O–H groups in total. The van der Waals surface area contributed by atoms with Gasteiger partial charge >= 0.3 is 0 Å². The van der Waals surface area contributed by atoms with Gasteiger partial charge in [0.25, 0.3) is 11.8 Å². The molecule has 0 atom stereocenters. The summed E-state index contributed by atoms with van der Waals surface area (Å²) in [6, 6.07) is 15.2. The number of para-hydroxylation sites is 1. The largest absolute Gasteiger partial charge is 0.368 e. The van der Waals surface area contributed by atoms with Gasteiger partial charge in [0.2, 0.25) is 0 Å². The van der Waals surface area contributed by atoms with E-state index in [2.05, 4.69) is 17.0 Å². The van der Waals surface area contributed by atoms with Gasteiger partial charge in [-0.1, -0.05) is 47.5 Å². The molecule has 144 valence electrons. The van der Waals surface area contributed by atoms with E-state index in [0.29, 0.717) is 23.8 Å². The Balaban J connectivity index is 1.53. The molecule has 2 amide bonds. The molecule has 2 heterocycles. The average molecular weight is 416 g/mol. The van der Waals surface area contributed by atoms with Crippen molar-refractivity contribution in [2.45, 2.75) is 6.92 Å². The van der Waals surface area contributed by atoms with Crippen LogP contribution in [0.15, 0.2) is 59.3 Å². The monoisotopic (exact) mass is 415 g/mol. The number of amides is 2. The molecule has 2 aromatic carbocycles. The fourth-order valence-corrected chi connectivity index (χ4v) is 4.01. The SMILES string of the molecule is Cc1ccc(N2C(=O)C(Cl)=C(N3CCN(c4ccccc4)CC3)C2=O)cc1Cl. The first-order valence-corrected chi connectivity index (χ1v) is 9.82. The summed E-state index contributed by atoms with van der Waals surface area (Å²) in [4.78, 5) is 31.0. The van der Waals surface area contributed by atoms with Crippen molar-refractivity contribution in [3.05, 3.63) is 69.8 Å². The standard InChI is InChI=1S/C21H19Cl2N3O2/c1-14-7-8-16(13-17(14)22)26-20(27)18(23)19(21(26)28)25-11-9-24(10-12-25)15-5-3-2-4-6-15/h2-8,13H,9-12H2,1H3. The molecule has 0 bridgehead atoms. The summed E-state index contributed by atoms with van der Waals surface area (Å²) < 4.78 is 0. The predicted molar refractivity (Wildman–Crippen MR) is 112 cm³/mol. The zero-order valence-electron chi connectivity index (χ0n) is 15.4. The number of nitrogens with zero attached hydrogens (tertiary/aromatic N) is 3. The molecule has 7 heteroatoms. The number of rotatable bonds is 3. The van der Waals surface area contributed by atoms with E-state index in [9.17, 15) is 9.59 Å². The fraction of sp³-hybridized carbons (Fsp3) is 0.238. The Bertz CT molecular complexity index is 967. The molecule has 4 rings (SSSR count). The number of benzene rings is 2. The molecule has 0 radical (unpaired) electrons. The Morgan fingerprint density at radius 3 is 2.07 bits per heavy atom. The first-order chi connectivity index (χ1) is 13.5. The molecule has 0 spiro atoms. The number of hydrogen-bond acceptors (Lipinski definition) is 4. The average Bonchev–Trinajstić information content (AvgIpc) is 2.94. The van der Waals surface area contributed by atoms with E-state index >= 15 is 0 Å². The minimum Gasteiger partial charge on any atom is -0.368 e. The summed E-state index contributed by atoms with van der Waals surface area (Å²) in [5.74, 6) is -0.907. The van der Waals surface area contributed by atoms with E-state index < -0.39 is 11.8 Å². The quantitative estimate of drug-likeness (QED) is 0.715. The van der Waals surface area contributed by atoms with Crippen LogP contribution in [0.25, 0.3) is 0 Å². The smallest absolute Gasteiger partial charge is 0.283 e. The van der Waals surface area contributed by atoms with E-state index in [-0.39, 0.29) is 10.7 Å². The van der Waals surface area contributed by atoms with Crippen LogP contribution in [-0.4, -0.2) is 42.9 Å². The number of imide groups is 1. The lowest BCUT2D eigenvalue weighted by atomic mass is 10.2. The van der Waals surface area contributed by atoms with E-state index in [1.54, 1.807) is 18.2 Å². The van der Waals surface area contributed by atoms with Crippen LogP contribution >= 0.6 is 23.2 Å². The van der Waals surface area contributed by atoms with Gasteiger partial charge in [0.05, 0.1) is 5.69 Å². The zero-order valence-corrected chi connectivity index (χ0v) is 16.9. The maximum absolute atomic E-state index is 13.0. The van der Waals surface area contributed by atoms with Crippen molar-refractivity contribution in [1.82, 2.24) is 4.90 Å². The second kappa shape index (κ2) is 7.49. The van der Waals surface area contributed by atoms with Crippen molar-refractivity contribution in [2.75, 3.05) is 36.0 Å². The maximum atomic E-state index is 13.0. The molecule has 2 aromatic rings. The van der Waals surface area contributed by atoms with E-state index in [0.717, 1.165) is 29.2 Å². The highest BCUT2D eigenvalue weighted by molar-refractivity contribution is 6.52. The Kier molecular flexibility index (Phi) is 5.04. The highest BCUT2D eigenvalue weighted by Gasteiger charge is 2.42. The summed E-state index contributed by atoms with van der Waals surface area (Å²) >= 11 is 12.5. The topological polar surface area (TPSA) is 43.9 Å². The van der Waals surface area contributed by atoms with Crippen molar-refractivity contribution in [3.8, 4) is 0 Å². The molecule has 0 aromatic heterocycles. The molecule has 2 aliphatic rings. The van der Waals surface area contributed by atoms with Crippen LogP contribution in [0.1, 0.15) is 5.56 Å². The van der Waals surface area contributed by atoms with Crippen LogP contribution in [0, 0.1) is 6.92 Å². The summed E-state index contributed by atoms with van der Waals surface area (Å²) in [5.41, 5.74) is 2.73. The third-order valence-electron chi connectivity index (χ3n) is 5.14. The van der Waals surface area contributed by atoms with E-state index in [1.165, 1.54) is 0 Å². The predicted octanol–water partition coefficient (Wildman–Crippen LogP) is 3.79. The molecule has 28 heavy (non-hydrogen) atoms. The number of halogens is 2. The minimum absolute atomic E-state index is 0.0325. The van der Waals surface area contributed by atoms with Crippen molar-refractivity contribution in [2.24, 2.45) is 0 Å². The van der Waals surface area contributed by atoms with Gasteiger partial charge in [-0.2, -0.15) is 0 Å². The van der Waals surface area contributed by atoms with Gasteiger partial charge in [-0.05, 0) is 36.8 Å². The van der Waals surface area contributed by atoms with Crippen LogP contribution in [0.5, 0.6) is 0 Å². The summed E-state index contributed by atoms with van der Waals surface area (Å²) in [7, 11) is 0. The Hall–Kier alpha value is -2.50. The normalized spacial score (nSPS) is 17.8. The first-order valence-electron chi connectivity index (χ1n) is 9.07. The van der Waals surface area contributed by atoms with E-state index in [4.69, 9.17) is 23.2 Å². The molecule has 0 unspecified atom stereocenters. The van der Waals surface area contributed by atoms with Crippen LogP contribution in [0.3, 0.4) is 0 Å². The minimum atomic E-state index is -0.507. The van der Waals surface area contributed by atoms with Crippen LogP contribution < -0.4 is 9.80 Å². The number of hydrogen-bond donors (Lipinski definition) is 0. The van der Waals surface area contributed by atoms with Gasteiger partial charge in [-0.15, -0.1) is 0 Å². The molecule has 0 saturated carbocycles. The van der Waals surface area contributed by atoms with Crippen molar-refractivity contribution in [3.63, 3.8) is 0 Å². The van der Waals surface area contributed by atoms with Gasteiger partial charge in [-0.25, -0.2) is 4.90 Å². The van der Waals surface area contributed by atoms with Gasteiger partial charge in [-0.3, -0.25) is 9.59 Å². The Labute approximate surface area is 173 Å². The van der Waals surface area contributed by atoms with Crippen LogP contribution in [0.4, 0.5) is 11.4 Å². The van der Waals surface area contributed by atoms with E-state index in [1.807, 2.05) is 30.0 Å². The second-order valence-corrected chi connectivity index (χ2v) is 7.64. The van der Waals surface area contributed by atoms with Crippen molar-refractivity contribution >= 4 is 46.4 Å². The number of carbonyl (C=O) groups is 2. The van der Waals surface area contributed by atoms with Gasteiger partial charge in [0.1, 0.15) is 10.7 Å². The lowest BCUT2D eigenvalue weighted by Crippen LogP contribution is -2.47. The molecule has 0 aliphatic carbocycles. The lowest BCUT2D eigenvalue weighted by Gasteiger charge is -2.37. The third kappa shape index (κ3) is 3.25. The van der Waals surface area contributed by atoms with Crippen LogP contribution in [0.2, 0.25) is 5.02 Å². The Morgan fingerprint density at radius 1 is 0.786 bits per heavy atom. The Morgan fingerprint density at radius 2 is 1.43 bits per heavy atom. The summed E-state index contributed by atoms with van der Waals surface area (Å²) in [5, 5.41) is 0.467. The second-order valence-electron chi connectivity index (χ2n) is 6.85. The molecule has 1 fully saturated rings. The number of aryl methyl sites for hydroxylation is 1. The molecule has 1 saturated heterocycles. The number of anilines is 2. The summed E-state index contributed by atoms with van der Waals surface area (Å²) in [6.45, 7) is 4.58. The van der Waals surface area contributed by atoms with Gasteiger partial charge in [0, 0.05) is 36.9 Å². The maximum Gasteiger partial charge on any atom is 0.283 e. The van der Waals surface area contributed by atoms with Gasteiger partial charge in [0.15, 0.2) is 0 Å². The van der Waals surface area contributed by atoms with Crippen molar-refractivity contribution < 1.29 is 9.59 Å². The number of piperazine rings is 1. The molecular weight excluding hydrogens is 397 g/mol. The highest BCUT2D eigenvalue weighted by atomic mass is 35.5. The first kappa shape index (κ1) is 18.8. The lowest BCUT2D eigenvalue weighted by molar-refractivity contribution is -0.121.